The van der Waals surface area contributed by atoms with Crippen molar-refractivity contribution >= 4 is 5.91 Å². The molecule has 0 aromatic rings. The molecule has 2 N–H and O–H groups in total. The fraction of sp³-hybridized carbons (Fsp3) is 0.923. The highest BCUT2D eigenvalue weighted by Crippen LogP contribution is 2.25. The zero-order valence-electron chi connectivity index (χ0n) is 10.9. The summed E-state index contributed by atoms with van der Waals surface area (Å²) in [5.41, 5.74) is 5.93. The van der Waals surface area contributed by atoms with Crippen LogP contribution in [0.1, 0.15) is 52.4 Å². The summed E-state index contributed by atoms with van der Waals surface area (Å²) in [6.07, 6.45) is 6.30. The largest absolute Gasteiger partial charge is 0.343 e. The Hall–Kier alpha value is -0.570. The molecular weight excluding hydrogens is 200 g/mol. The van der Waals surface area contributed by atoms with Crippen molar-refractivity contribution in [2.45, 2.75) is 64.5 Å². The normalized spacial score (nSPS) is 27.5. The molecule has 0 radical (unpaired) electrons. The summed E-state index contributed by atoms with van der Waals surface area (Å²) in [5, 5.41) is 0. The van der Waals surface area contributed by atoms with Gasteiger partial charge in [0.1, 0.15) is 0 Å². The topological polar surface area (TPSA) is 46.3 Å². The van der Waals surface area contributed by atoms with Crippen LogP contribution in [0.5, 0.6) is 0 Å². The number of amides is 1. The maximum atomic E-state index is 12.2. The van der Waals surface area contributed by atoms with Crippen molar-refractivity contribution in [1.29, 1.82) is 0 Å². The minimum Gasteiger partial charge on any atom is -0.343 e. The van der Waals surface area contributed by atoms with Crippen molar-refractivity contribution in [2.24, 2.45) is 11.7 Å². The molecule has 3 heteroatoms. The molecule has 0 aromatic carbocycles. The van der Waals surface area contributed by atoms with E-state index in [-0.39, 0.29) is 12.0 Å². The molecule has 1 saturated carbocycles. The van der Waals surface area contributed by atoms with Gasteiger partial charge in [0.05, 0.1) is 0 Å². The third-order valence-electron chi connectivity index (χ3n) is 3.78. The molecule has 1 aliphatic rings. The predicted octanol–water partition coefficient (Wildman–Crippen LogP) is 2.15. The van der Waals surface area contributed by atoms with Crippen LogP contribution < -0.4 is 5.73 Å². The molecule has 1 amide bonds. The van der Waals surface area contributed by atoms with Crippen molar-refractivity contribution in [3.8, 4) is 0 Å². The average molecular weight is 226 g/mol. The number of nitrogens with zero attached hydrogens (tertiary/aromatic N) is 1. The lowest BCUT2D eigenvalue weighted by Gasteiger charge is -2.32. The lowest BCUT2D eigenvalue weighted by atomic mass is 9.85. The van der Waals surface area contributed by atoms with E-state index in [1.165, 1.54) is 0 Å². The quantitative estimate of drug-likeness (QED) is 0.798. The molecule has 0 aliphatic heterocycles. The summed E-state index contributed by atoms with van der Waals surface area (Å²) >= 11 is 0. The second-order valence-corrected chi connectivity index (χ2v) is 5.21. The van der Waals surface area contributed by atoms with E-state index in [9.17, 15) is 4.79 Å². The van der Waals surface area contributed by atoms with Crippen molar-refractivity contribution in [3.63, 3.8) is 0 Å². The van der Waals surface area contributed by atoms with Gasteiger partial charge in [0, 0.05) is 25.0 Å². The number of rotatable bonds is 4. The summed E-state index contributed by atoms with van der Waals surface area (Å²) in [6, 6.07) is 0.591. The molecule has 0 saturated heterocycles. The van der Waals surface area contributed by atoms with Crippen molar-refractivity contribution in [3.05, 3.63) is 0 Å². The minimum absolute atomic E-state index is 0.174. The van der Waals surface area contributed by atoms with E-state index in [4.69, 9.17) is 5.73 Å². The molecule has 3 atom stereocenters. The molecule has 3 nitrogen and oxygen atoms in total. The molecule has 0 heterocycles. The monoisotopic (exact) mass is 226 g/mol. The zero-order valence-corrected chi connectivity index (χ0v) is 10.9. The number of nitrogens with two attached hydrogens (primary N) is 1. The summed E-state index contributed by atoms with van der Waals surface area (Å²) in [5.74, 6) is 0.476. The van der Waals surface area contributed by atoms with Crippen LogP contribution in [0.4, 0.5) is 0 Å². The Morgan fingerprint density at radius 3 is 2.75 bits per heavy atom. The van der Waals surface area contributed by atoms with E-state index in [0.29, 0.717) is 11.9 Å². The third kappa shape index (κ3) is 3.48. The molecule has 0 aromatic heterocycles. The van der Waals surface area contributed by atoms with Gasteiger partial charge in [-0.05, 0) is 32.6 Å². The average Bonchev–Trinajstić information content (AvgIpc) is 2.27. The highest BCUT2D eigenvalue weighted by Gasteiger charge is 2.28. The fourth-order valence-electron chi connectivity index (χ4n) is 2.57. The number of hydrogen-bond donors (Lipinski definition) is 1. The molecule has 3 unspecified atom stereocenters. The van der Waals surface area contributed by atoms with Gasteiger partial charge in [0.25, 0.3) is 0 Å². The van der Waals surface area contributed by atoms with E-state index < -0.39 is 0 Å². The second-order valence-electron chi connectivity index (χ2n) is 5.21. The second kappa shape index (κ2) is 6.24. The van der Waals surface area contributed by atoms with E-state index in [2.05, 4.69) is 13.8 Å². The third-order valence-corrected chi connectivity index (χ3v) is 3.78. The Kier molecular flexibility index (Phi) is 5.26. The van der Waals surface area contributed by atoms with Crippen LogP contribution in [0.25, 0.3) is 0 Å². The number of carbonyl (C=O) groups excluding carboxylic acids is 1. The van der Waals surface area contributed by atoms with E-state index in [1.54, 1.807) is 0 Å². The Bertz CT molecular complexity index is 230. The zero-order chi connectivity index (χ0) is 12.1. The first kappa shape index (κ1) is 13.5. The van der Waals surface area contributed by atoms with Gasteiger partial charge < -0.3 is 10.6 Å². The van der Waals surface area contributed by atoms with Gasteiger partial charge in [0.15, 0.2) is 0 Å². The standard InChI is InChI=1S/C13H26N2O/c1-4-6-10(2)15(3)13(16)11-7-5-8-12(14)9-11/h10-12H,4-9,14H2,1-3H3. The van der Waals surface area contributed by atoms with Gasteiger partial charge in [-0.25, -0.2) is 0 Å². The van der Waals surface area contributed by atoms with Gasteiger partial charge in [-0.15, -0.1) is 0 Å². The van der Waals surface area contributed by atoms with Gasteiger partial charge >= 0.3 is 0 Å². The lowest BCUT2D eigenvalue weighted by molar-refractivity contribution is -0.137. The molecular formula is C13H26N2O. The maximum Gasteiger partial charge on any atom is 0.225 e. The first-order valence-corrected chi connectivity index (χ1v) is 6.58. The molecule has 1 fully saturated rings. The van der Waals surface area contributed by atoms with Gasteiger partial charge in [0.2, 0.25) is 5.91 Å². The predicted molar refractivity (Wildman–Crippen MR) is 67.1 cm³/mol. The highest BCUT2D eigenvalue weighted by molar-refractivity contribution is 5.79. The van der Waals surface area contributed by atoms with Crippen LogP contribution in [0.15, 0.2) is 0 Å². The molecule has 94 valence electrons. The van der Waals surface area contributed by atoms with Crippen molar-refractivity contribution in [2.75, 3.05) is 7.05 Å². The Labute approximate surface area is 99.4 Å². The molecule has 1 rings (SSSR count). The molecule has 16 heavy (non-hydrogen) atoms. The Balaban J connectivity index is 2.48. The van der Waals surface area contributed by atoms with E-state index >= 15 is 0 Å². The minimum atomic E-state index is 0.174. The van der Waals surface area contributed by atoms with Gasteiger partial charge in [-0.3, -0.25) is 4.79 Å². The SMILES string of the molecule is CCCC(C)N(C)C(=O)C1CCCC(N)C1. The summed E-state index contributed by atoms with van der Waals surface area (Å²) in [6.45, 7) is 4.29. The van der Waals surface area contributed by atoms with Crippen molar-refractivity contribution in [1.82, 2.24) is 4.90 Å². The van der Waals surface area contributed by atoms with Gasteiger partial charge in [-0.2, -0.15) is 0 Å². The van der Waals surface area contributed by atoms with Gasteiger partial charge in [-0.1, -0.05) is 19.8 Å². The Morgan fingerprint density at radius 2 is 2.19 bits per heavy atom. The van der Waals surface area contributed by atoms with Crippen LogP contribution in [0.2, 0.25) is 0 Å². The lowest BCUT2D eigenvalue weighted by Crippen LogP contribution is -2.42. The molecule has 1 aliphatic carbocycles. The molecule has 0 spiro atoms. The Morgan fingerprint density at radius 1 is 1.50 bits per heavy atom. The maximum absolute atomic E-state index is 12.2. The summed E-state index contributed by atoms with van der Waals surface area (Å²) in [4.78, 5) is 14.2. The van der Waals surface area contributed by atoms with E-state index in [1.807, 2.05) is 11.9 Å². The number of hydrogen-bond acceptors (Lipinski definition) is 2. The van der Waals surface area contributed by atoms with Crippen LogP contribution >= 0.6 is 0 Å². The fourth-order valence-corrected chi connectivity index (χ4v) is 2.57. The van der Waals surface area contributed by atoms with E-state index in [0.717, 1.165) is 38.5 Å². The first-order valence-electron chi connectivity index (χ1n) is 6.58. The van der Waals surface area contributed by atoms with Crippen LogP contribution in [-0.2, 0) is 4.79 Å². The number of carbonyl (C=O) groups is 1. The van der Waals surface area contributed by atoms with Crippen LogP contribution in [0.3, 0.4) is 0 Å². The van der Waals surface area contributed by atoms with Crippen LogP contribution in [0, 0.1) is 5.92 Å². The van der Waals surface area contributed by atoms with Crippen LogP contribution in [-0.4, -0.2) is 29.9 Å². The molecule has 0 bridgehead atoms. The van der Waals surface area contributed by atoms with Crippen molar-refractivity contribution < 1.29 is 4.79 Å². The summed E-state index contributed by atoms with van der Waals surface area (Å²) in [7, 11) is 1.93. The summed E-state index contributed by atoms with van der Waals surface area (Å²) < 4.78 is 0. The highest BCUT2D eigenvalue weighted by atomic mass is 16.2. The smallest absolute Gasteiger partial charge is 0.225 e. The first-order chi connectivity index (χ1) is 7.56.